The number of hydrogen-bond acceptors (Lipinski definition) is 6. The Morgan fingerprint density at radius 1 is 0.630 bits per heavy atom. The second kappa shape index (κ2) is 13.2. The lowest BCUT2D eigenvalue weighted by atomic mass is 9.78. The first-order valence-electron chi connectivity index (χ1n) is 17.2. The van der Waals surface area contributed by atoms with Gasteiger partial charge in [-0.25, -0.2) is 9.59 Å². The number of benzene rings is 2. The molecule has 4 saturated heterocycles. The molecule has 4 heterocycles. The second-order valence-electron chi connectivity index (χ2n) is 15.9. The van der Waals surface area contributed by atoms with Crippen molar-refractivity contribution in [1.82, 2.24) is 20.4 Å². The molecule has 4 aliphatic heterocycles. The number of nitrogens with one attached hydrogen (secondary N) is 2. The first kappa shape index (κ1) is 34.2. The molecule has 6 rings (SSSR count). The van der Waals surface area contributed by atoms with Crippen molar-refractivity contribution in [2.75, 3.05) is 14.1 Å². The van der Waals surface area contributed by atoms with Crippen molar-refractivity contribution in [3.8, 4) is 0 Å². The Morgan fingerprint density at radius 2 is 0.935 bits per heavy atom. The van der Waals surface area contributed by atoms with Crippen molar-refractivity contribution in [2.24, 2.45) is 0 Å². The van der Waals surface area contributed by atoms with Gasteiger partial charge in [0, 0.05) is 23.2 Å². The third-order valence-electron chi connectivity index (χ3n) is 10.8. The van der Waals surface area contributed by atoms with Gasteiger partial charge < -0.3 is 20.1 Å². The van der Waals surface area contributed by atoms with E-state index in [0.29, 0.717) is 12.1 Å². The number of ether oxygens (including phenoxy) is 2. The van der Waals surface area contributed by atoms with Gasteiger partial charge in [-0.2, -0.15) is 0 Å². The number of carbonyl (C=O) groups excluding carboxylic acids is 2. The van der Waals surface area contributed by atoms with Gasteiger partial charge in [0.25, 0.3) is 0 Å². The molecule has 0 aromatic heterocycles. The van der Waals surface area contributed by atoms with Crippen molar-refractivity contribution >= 4 is 12.2 Å². The molecule has 2 aromatic carbocycles. The Labute approximate surface area is 276 Å². The van der Waals surface area contributed by atoms with E-state index in [9.17, 15) is 9.59 Å². The van der Waals surface area contributed by atoms with Crippen LogP contribution in [0.15, 0.2) is 60.7 Å². The fraction of sp³-hybridized carbons (Fsp3) is 0.632. The minimum atomic E-state index is -0.483. The summed E-state index contributed by atoms with van der Waals surface area (Å²) in [5, 5.41) is 6.36. The molecule has 46 heavy (non-hydrogen) atoms. The molecule has 0 aliphatic carbocycles. The molecule has 4 bridgehead atoms. The van der Waals surface area contributed by atoms with E-state index >= 15 is 0 Å². The Kier molecular flexibility index (Phi) is 9.82. The Bertz CT molecular complexity index is 1220. The lowest BCUT2D eigenvalue weighted by Gasteiger charge is -2.41. The maximum atomic E-state index is 12.4. The second-order valence-corrected chi connectivity index (χ2v) is 15.9. The number of rotatable bonds is 6. The molecular formula is C38H56N4O4. The number of fused-ring (bicyclic) bond motifs is 4. The van der Waals surface area contributed by atoms with Crippen LogP contribution in [0.2, 0.25) is 0 Å². The third kappa shape index (κ3) is 7.23. The average molecular weight is 633 g/mol. The van der Waals surface area contributed by atoms with Gasteiger partial charge in [-0.3, -0.25) is 9.80 Å². The van der Waals surface area contributed by atoms with Gasteiger partial charge in [0.1, 0.15) is 11.2 Å². The zero-order chi connectivity index (χ0) is 33.3. The number of carbonyl (C=O) groups is 2. The molecule has 4 fully saturated rings. The molecule has 8 heteroatoms. The number of hydrogen-bond donors (Lipinski definition) is 2. The van der Waals surface area contributed by atoms with Crippen LogP contribution in [0.25, 0.3) is 0 Å². The molecule has 2 atom stereocenters. The minimum Gasteiger partial charge on any atom is -0.444 e. The van der Waals surface area contributed by atoms with Crippen LogP contribution in [-0.2, 0) is 9.47 Å². The monoisotopic (exact) mass is 632 g/mol. The van der Waals surface area contributed by atoms with Crippen molar-refractivity contribution in [3.63, 3.8) is 0 Å². The smallest absolute Gasteiger partial charge is 0.408 e. The Balaban J connectivity index is 0.000000181. The summed E-state index contributed by atoms with van der Waals surface area (Å²) in [7, 11) is 4.41. The number of likely N-dealkylation sites (N-methyl/N-ethyl adjacent to an activating group) is 2. The van der Waals surface area contributed by atoms with E-state index in [1.54, 1.807) is 0 Å². The third-order valence-corrected chi connectivity index (χ3v) is 10.8. The number of amides is 2. The fourth-order valence-electron chi connectivity index (χ4n) is 8.59. The molecule has 8 nitrogen and oxygen atoms in total. The molecule has 252 valence electrons. The van der Waals surface area contributed by atoms with Crippen molar-refractivity contribution in [2.45, 2.75) is 139 Å². The molecular weight excluding hydrogens is 576 g/mol. The first-order chi connectivity index (χ1) is 21.6. The van der Waals surface area contributed by atoms with Crippen LogP contribution in [0.5, 0.6) is 0 Å². The Morgan fingerprint density at radius 3 is 1.17 bits per heavy atom. The molecule has 4 aliphatic rings. The van der Waals surface area contributed by atoms with Crippen molar-refractivity contribution in [1.29, 1.82) is 0 Å². The predicted molar refractivity (Wildman–Crippen MR) is 183 cm³/mol. The zero-order valence-corrected chi connectivity index (χ0v) is 29.3. The quantitative estimate of drug-likeness (QED) is 0.339. The molecule has 0 radical (unpaired) electrons. The van der Waals surface area contributed by atoms with Crippen LogP contribution in [0, 0.1) is 0 Å². The minimum absolute atomic E-state index is 0.0168. The average Bonchev–Trinajstić information content (AvgIpc) is 3.70. The summed E-state index contributed by atoms with van der Waals surface area (Å²) in [4.78, 5) is 29.8. The van der Waals surface area contributed by atoms with E-state index in [-0.39, 0.29) is 35.3 Å². The standard InChI is InChI=1S/2C19H28N2O2/c2*1-18(2,3)23-17(22)20-16(14-8-6-5-7-9-14)19-12-10-15(11-13-19)21(19)4/h2*5-9,15-16H,10-13H2,1-4H3,(H,20,22)/t2*15?,16-,19?/m10/s1. The van der Waals surface area contributed by atoms with E-state index in [1.165, 1.54) is 25.7 Å². The predicted octanol–water partition coefficient (Wildman–Crippen LogP) is 7.76. The van der Waals surface area contributed by atoms with Crippen molar-refractivity contribution < 1.29 is 19.1 Å². The zero-order valence-electron chi connectivity index (χ0n) is 29.3. The fourth-order valence-corrected chi connectivity index (χ4v) is 8.59. The van der Waals surface area contributed by atoms with Gasteiger partial charge in [-0.1, -0.05) is 60.7 Å². The van der Waals surface area contributed by atoms with E-state index in [2.05, 4.69) is 58.8 Å². The summed E-state index contributed by atoms with van der Waals surface area (Å²) in [5.74, 6) is 0. The van der Waals surface area contributed by atoms with E-state index in [1.807, 2.05) is 77.9 Å². The SMILES string of the molecule is CN1C2CCC1([C@@H](NC(=O)OC(C)(C)C)c1ccccc1)CC2.CN1C2CCC1([C@H](NC(=O)OC(C)(C)C)c1ccccc1)CC2. The van der Waals surface area contributed by atoms with Crippen molar-refractivity contribution in [3.05, 3.63) is 71.8 Å². The topological polar surface area (TPSA) is 83.1 Å². The van der Waals surface area contributed by atoms with Crippen LogP contribution in [0.4, 0.5) is 9.59 Å². The first-order valence-corrected chi connectivity index (χ1v) is 17.2. The highest BCUT2D eigenvalue weighted by Crippen LogP contribution is 2.53. The number of alkyl carbamates (subject to hydrolysis) is 2. The van der Waals surface area contributed by atoms with Gasteiger partial charge in [0.15, 0.2) is 0 Å². The van der Waals surface area contributed by atoms with Crippen LogP contribution >= 0.6 is 0 Å². The van der Waals surface area contributed by atoms with E-state index in [4.69, 9.17) is 9.47 Å². The normalized spacial score (nSPS) is 28.6. The summed E-state index contributed by atoms with van der Waals surface area (Å²) in [6.45, 7) is 11.4. The summed E-state index contributed by atoms with van der Waals surface area (Å²) < 4.78 is 11.0. The summed E-state index contributed by atoms with van der Waals surface area (Å²) >= 11 is 0. The maximum absolute atomic E-state index is 12.4. The van der Waals surface area contributed by atoms with E-state index in [0.717, 1.165) is 36.8 Å². The summed E-state index contributed by atoms with van der Waals surface area (Å²) in [5.41, 5.74) is 1.39. The molecule has 2 aromatic rings. The molecule has 0 unspecified atom stereocenters. The lowest BCUT2D eigenvalue weighted by molar-refractivity contribution is 0.0409. The van der Waals surface area contributed by atoms with E-state index < -0.39 is 11.2 Å². The highest BCUT2D eigenvalue weighted by Gasteiger charge is 2.56. The summed E-state index contributed by atoms with van der Waals surface area (Å²) in [6, 6.07) is 21.9. The van der Waals surface area contributed by atoms with Gasteiger partial charge >= 0.3 is 12.2 Å². The maximum Gasteiger partial charge on any atom is 0.408 e. The highest BCUT2D eigenvalue weighted by molar-refractivity contribution is 5.69. The largest absolute Gasteiger partial charge is 0.444 e. The van der Waals surface area contributed by atoms with Gasteiger partial charge in [-0.15, -0.1) is 0 Å². The molecule has 2 amide bonds. The van der Waals surface area contributed by atoms with Gasteiger partial charge in [0.05, 0.1) is 12.1 Å². The van der Waals surface area contributed by atoms with Crippen LogP contribution in [-0.4, -0.2) is 70.4 Å². The van der Waals surface area contributed by atoms with Crippen LogP contribution in [0.3, 0.4) is 0 Å². The molecule has 2 N–H and O–H groups in total. The van der Waals surface area contributed by atoms with Gasteiger partial charge in [0.2, 0.25) is 0 Å². The number of nitrogens with zero attached hydrogens (tertiary/aromatic N) is 2. The molecule has 0 spiro atoms. The van der Waals surface area contributed by atoms with Gasteiger partial charge in [-0.05, 0) is 118 Å². The lowest BCUT2D eigenvalue weighted by Crippen LogP contribution is -2.51. The van der Waals surface area contributed by atoms with Crippen LogP contribution in [0.1, 0.15) is 116 Å². The Hall–Kier alpha value is -3.10. The molecule has 0 saturated carbocycles. The highest BCUT2D eigenvalue weighted by atomic mass is 16.6. The summed E-state index contributed by atoms with van der Waals surface area (Å²) in [6.07, 6.45) is 8.73. The van der Waals surface area contributed by atoms with Crippen LogP contribution < -0.4 is 10.6 Å².